The van der Waals surface area contributed by atoms with Crippen LogP contribution < -0.4 is 4.31 Å². The Morgan fingerprint density at radius 2 is 1.71 bits per heavy atom. The molecule has 2 aromatic carbocycles. The van der Waals surface area contributed by atoms with Gasteiger partial charge in [-0.3, -0.25) is 9.10 Å². The van der Waals surface area contributed by atoms with Gasteiger partial charge in [0, 0.05) is 26.1 Å². The Balaban J connectivity index is 1.86. The van der Waals surface area contributed by atoms with Crippen molar-refractivity contribution in [2.75, 3.05) is 38.0 Å². The fourth-order valence-electron chi connectivity index (χ4n) is 4.02. The van der Waals surface area contributed by atoms with Crippen molar-refractivity contribution in [2.45, 2.75) is 43.3 Å². The molecule has 6 nitrogen and oxygen atoms in total. The molecule has 0 radical (unpaired) electrons. The molecule has 0 spiro atoms. The molecule has 2 aromatic rings. The number of aryl methyl sites for hydroxylation is 1. The molecule has 0 aromatic heterocycles. The highest BCUT2D eigenvalue weighted by Crippen LogP contribution is 2.32. The minimum Gasteiger partial charge on any atom is -0.343 e. The van der Waals surface area contributed by atoms with Crippen molar-refractivity contribution >= 4 is 21.6 Å². The molecule has 0 aliphatic carbocycles. The second-order valence-electron chi connectivity index (χ2n) is 8.73. The van der Waals surface area contributed by atoms with Crippen LogP contribution in [0.4, 0.5) is 18.9 Å². The van der Waals surface area contributed by atoms with Crippen molar-refractivity contribution < 1.29 is 26.4 Å². The highest BCUT2D eigenvalue weighted by Gasteiger charge is 2.33. The topological polar surface area (TPSA) is 60.9 Å². The molecular weight excluding hydrogens is 467 g/mol. The van der Waals surface area contributed by atoms with Gasteiger partial charge in [-0.15, -0.1) is 0 Å². The number of nitrogens with zero attached hydrogens (tertiary/aromatic N) is 3. The molecule has 3 rings (SSSR count). The molecule has 0 bridgehead atoms. The van der Waals surface area contributed by atoms with E-state index in [1.165, 1.54) is 0 Å². The lowest BCUT2D eigenvalue weighted by Gasteiger charge is -2.35. The smallest absolute Gasteiger partial charge is 0.343 e. The summed E-state index contributed by atoms with van der Waals surface area (Å²) in [6, 6.07) is 10.4. The van der Waals surface area contributed by atoms with E-state index >= 15 is 0 Å². The first-order valence-electron chi connectivity index (χ1n) is 11.1. The number of sulfonamides is 1. The second kappa shape index (κ2) is 10.4. The number of rotatable bonds is 7. The molecule has 186 valence electrons. The van der Waals surface area contributed by atoms with Gasteiger partial charge in [-0.05, 0) is 70.2 Å². The summed E-state index contributed by atoms with van der Waals surface area (Å²) in [5, 5.41) is 0. The van der Waals surface area contributed by atoms with E-state index in [2.05, 4.69) is 4.90 Å². The lowest BCUT2D eigenvalue weighted by Crippen LogP contribution is -2.45. The Kier molecular flexibility index (Phi) is 7.92. The third kappa shape index (κ3) is 6.09. The van der Waals surface area contributed by atoms with Crippen molar-refractivity contribution in [3.05, 3.63) is 59.7 Å². The number of hydrogen-bond donors (Lipinski definition) is 0. The fourth-order valence-corrected chi connectivity index (χ4v) is 5.53. The third-order valence-electron chi connectivity index (χ3n) is 6.23. The molecule has 10 heteroatoms. The first kappa shape index (κ1) is 26.0. The molecular formula is C24H30F3N3O3S. The molecule has 0 N–H and O–H groups in total. The van der Waals surface area contributed by atoms with Crippen LogP contribution in [0.5, 0.6) is 0 Å². The lowest BCUT2D eigenvalue weighted by atomic mass is 10.0. The molecule has 34 heavy (non-hydrogen) atoms. The molecule has 1 fully saturated rings. The van der Waals surface area contributed by atoms with Gasteiger partial charge >= 0.3 is 6.18 Å². The summed E-state index contributed by atoms with van der Waals surface area (Å²) < 4.78 is 67.5. The first-order valence-corrected chi connectivity index (χ1v) is 12.5. The van der Waals surface area contributed by atoms with Gasteiger partial charge in [0.15, 0.2) is 0 Å². The average Bonchev–Trinajstić information content (AvgIpc) is 2.79. The van der Waals surface area contributed by atoms with Crippen molar-refractivity contribution in [1.82, 2.24) is 9.80 Å². The van der Waals surface area contributed by atoms with Crippen LogP contribution in [0.1, 0.15) is 30.4 Å². The molecule has 1 saturated heterocycles. The number of alkyl halides is 3. The number of benzene rings is 2. The molecule has 0 unspecified atom stereocenters. The monoisotopic (exact) mass is 497 g/mol. The zero-order chi connectivity index (χ0) is 25.1. The van der Waals surface area contributed by atoms with Crippen LogP contribution in [-0.4, -0.2) is 63.9 Å². The van der Waals surface area contributed by atoms with E-state index in [-0.39, 0.29) is 30.6 Å². The molecule has 0 atom stereocenters. The van der Waals surface area contributed by atoms with E-state index in [9.17, 15) is 26.4 Å². The van der Waals surface area contributed by atoms with Crippen LogP contribution in [0.2, 0.25) is 0 Å². The number of likely N-dealkylation sites (tertiary alicyclic amines) is 1. The zero-order valence-corrected chi connectivity index (χ0v) is 20.4. The van der Waals surface area contributed by atoms with Crippen molar-refractivity contribution in [3.8, 4) is 0 Å². The van der Waals surface area contributed by atoms with Gasteiger partial charge in [0.05, 0.1) is 16.1 Å². The summed E-state index contributed by atoms with van der Waals surface area (Å²) in [6.45, 7) is 3.41. The molecule has 1 heterocycles. The molecule has 0 saturated carbocycles. The number of anilines is 1. The van der Waals surface area contributed by atoms with Crippen LogP contribution in [-0.2, 0) is 21.0 Å². The fraction of sp³-hybridized carbons (Fsp3) is 0.458. The van der Waals surface area contributed by atoms with Crippen LogP contribution in [0.25, 0.3) is 0 Å². The highest BCUT2D eigenvalue weighted by atomic mass is 32.2. The summed E-state index contributed by atoms with van der Waals surface area (Å²) in [5.41, 5.74) is 0.145. The van der Waals surface area contributed by atoms with Gasteiger partial charge in [0.25, 0.3) is 10.0 Å². The number of halogens is 3. The highest BCUT2D eigenvalue weighted by molar-refractivity contribution is 7.92. The van der Waals surface area contributed by atoms with Gasteiger partial charge in [-0.1, -0.05) is 23.8 Å². The van der Waals surface area contributed by atoms with Crippen molar-refractivity contribution in [3.63, 3.8) is 0 Å². The summed E-state index contributed by atoms with van der Waals surface area (Å²) in [5.74, 6) is -0.203. The Morgan fingerprint density at radius 3 is 2.29 bits per heavy atom. The Hall–Kier alpha value is -2.59. The molecule has 1 aliphatic rings. The minimum atomic E-state index is -4.67. The maximum atomic E-state index is 13.4. The second-order valence-corrected chi connectivity index (χ2v) is 10.6. The van der Waals surface area contributed by atoms with Gasteiger partial charge in [0.2, 0.25) is 5.91 Å². The minimum absolute atomic E-state index is 0.0802. The Labute approximate surface area is 199 Å². The van der Waals surface area contributed by atoms with Gasteiger partial charge in [-0.25, -0.2) is 8.42 Å². The number of carbonyl (C=O) groups is 1. The third-order valence-corrected chi connectivity index (χ3v) is 8.05. The van der Waals surface area contributed by atoms with Crippen LogP contribution in [0.15, 0.2) is 53.4 Å². The lowest BCUT2D eigenvalue weighted by molar-refractivity contribution is -0.137. The molecule has 1 aliphatic heterocycles. The van der Waals surface area contributed by atoms with Gasteiger partial charge < -0.3 is 9.80 Å². The summed E-state index contributed by atoms with van der Waals surface area (Å²) in [4.78, 5) is 16.3. The van der Waals surface area contributed by atoms with Crippen molar-refractivity contribution in [2.24, 2.45) is 0 Å². The first-order chi connectivity index (χ1) is 15.9. The normalized spacial score (nSPS) is 15.8. The Bertz CT molecular complexity index is 1100. The van der Waals surface area contributed by atoms with Gasteiger partial charge in [0.1, 0.15) is 0 Å². The Morgan fingerprint density at radius 1 is 1.09 bits per heavy atom. The molecule has 1 amide bonds. The van der Waals surface area contributed by atoms with E-state index in [1.807, 2.05) is 14.0 Å². The van der Waals surface area contributed by atoms with Crippen molar-refractivity contribution in [1.29, 1.82) is 0 Å². The largest absolute Gasteiger partial charge is 0.416 e. The predicted octanol–water partition coefficient (Wildman–Crippen LogP) is 4.15. The SMILES string of the molecule is Cc1ccc(N(CCC(=O)N(C)C2CCN(C)CC2)S(=O)(=O)c2cccc(C(F)(F)F)c2)cc1. The predicted molar refractivity (Wildman–Crippen MR) is 125 cm³/mol. The van der Waals surface area contributed by atoms with E-state index < -0.39 is 26.7 Å². The standard InChI is InChI=1S/C24H30F3N3O3S/c1-18-7-9-21(10-8-18)30(16-13-23(31)29(3)20-11-14-28(2)15-12-20)34(32,33)22-6-4-5-19(17-22)24(25,26)27/h4-10,17,20H,11-16H2,1-3H3. The quantitative estimate of drug-likeness (QED) is 0.577. The van der Waals surface area contributed by atoms with Crippen LogP contribution >= 0.6 is 0 Å². The summed E-state index contributed by atoms with van der Waals surface area (Å²) >= 11 is 0. The summed E-state index contributed by atoms with van der Waals surface area (Å²) in [7, 11) is -0.605. The maximum absolute atomic E-state index is 13.4. The van der Waals surface area contributed by atoms with Gasteiger partial charge in [-0.2, -0.15) is 13.2 Å². The van der Waals surface area contributed by atoms with E-state index in [0.29, 0.717) is 6.07 Å². The number of piperidine rings is 1. The van der Waals surface area contributed by atoms with E-state index in [1.54, 1.807) is 36.2 Å². The number of carbonyl (C=O) groups excluding carboxylic acids is 1. The van der Waals surface area contributed by atoms with Crippen LogP contribution in [0, 0.1) is 6.92 Å². The number of hydrogen-bond acceptors (Lipinski definition) is 4. The van der Waals surface area contributed by atoms with Crippen LogP contribution in [0.3, 0.4) is 0 Å². The van der Waals surface area contributed by atoms with E-state index in [0.717, 1.165) is 54.0 Å². The van der Waals surface area contributed by atoms with E-state index in [4.69, 9.17) is 0 Å². The number of amides is 1. The average molecular weight is 498 g/mol. The maximum Gasteiger partial charge on any atom is 0.416 e. The summed E-state index contributed by atoms with van der Waals surface area (Å²) in [6.07, 6.45) is -3.09. The zero-order valence-electron chi connectivity index (χ0n) is 19.5.